The van der Waals surface area contributed by atoms with Crippen LogP contribution in [0.5, 0.6) is 0 Å². The number of hydrogen-bond acceptors (Lipinski definition) is 2. The minimum Gasteiger partial charge on any atom is -0.267 e. The van der Waals surface area contributed by atoms with Gasteiger partial charge in [-0.3, -0.25) is 4.31 Å². The van der Waals surface area contributed by atoms with Gasteiger partial charge >= 0.3 is 0 Å². The fourth-order valence-electron chi connectivity index (χ4n) is 2.87. The molecule has 2 aromatic carbocycles. The molecule has 0 radical (unpaired) electrons. The van der Waals surface area contributed by atoms with E-state index in [-0.39, 0.29) is 11.8 Å². The van der Waals surface area contributed by atoms with Crippen LogP contribution in [0.3, 0.4) is 0 Å². The number of hydrogen-bond donors (Lipinski definition) is 0. The lowest BCUT2D eigenvalue weighted by molar-refractivity contribution is 0.583. The molecular weight excluding hydrogens is 306 g/mol. The van der Waals surface area contributed by atoms with Gasteiger partial charge in [0.1, 0.15) is 0 Å². The predicted octanol–water partition coefficient (Wildman–Crippen LogP) is 3.62. The van der Waals surface area contributed by atoms with Crippen LogP contribution in [0, 0.1) is 0 Å². The zero-order valence-corrected chi connectivity index (χ0v) is 13.2. The topological polar surface area (TPSA) is 37.4 Å². The van der Waals surface area contributed by atoms with Crippen molar-refractivity contribution in [3.05, 3.63) is 64.7 Å². The highest BCUT2D eigenvalue weighted by molar-refractivity contribution is 7.92. The first-order valence-electron chi connectivity index (χ1n) is 6.82. The van der Waals surface area contributed by atoms with Gasteiger partial charge in [-0.05, 0) is 42.7 Å². The van der Waals surface area contributed by atoms with Crippen LogP contribution in [-0.4, -0.2) is 14.5 Å². The average Bonchev–Trinajstić information content (AvgIpc) is 2.74. The Morgan fingerprint density at radius 2 is 1.95 bits per heavy atom. The summed E-state index contributed by atoms with van der Waals surface area (Å²) >= 11 is 5.93. The van der Waals surface area contributed by atoms with Crippen molar-refractivity contribution in [2.24, 2.45) is 0 Å². The lowest BCUT2D eigenvalue weighted by Crippen LogP contribution is -2.36. The van der Waals surface area contributed by atoms with E-state index in [0.717, 1.165) is 17.7 Å². The quantitative estimate of drug-likeness (QED) is 0.866. The summed E-state index contributed by atoms with van der Waals surface area (Å²) in [6.45, 7) is 1.94. The standard InChI is InChI=1S/C16H16ClNO2S/c1-12-9-14-6-2-3-8-16(14)18(12)21(19,20)11-13-5-4-7-15(17)10-13/h2-8,10,12H,9,11H2,1H3/t12-/m0/s1. The Kier molecular flexibility index (Phi) is 3.68. The molecule has 3 rings (SSSR count). The van der Waals surface area contributed by atoms with Gasteiger partial charge in [-0.2, -0.15) is 0 Å². The zero-order chi connectivity index (χ0) is 15.0. The Morgan fingerprint density at radius 3 is 2.71 bits per heavy atom. The molecule has 0 unspecified atom stereocenters. The predicted molar refractivity (Wildman–Crippen MR) is 86.2 cm³/mol. The van der Waals surface area contributed by atoms with Crippen LogP contribution in [0.2, 0.25) is 5.02 Å². The number of para-hydroxylation sites is 1. The van der Waals surface area contributed by atoms with E-state index in [4.69, 9.17) is 11.6 Å². The summed E-state index contributed by atoms with van der Waals surface area (Å²) in [6, 6.07) is 14.6. The van der Waals surface area contributed by atoms with Gasteiger partial charge < -0.3 is 0 Å². The molecule has 0 saturated heterocycles. The van der Waals surface area contributed by atoms with Crippen LogP contribution in [-0.2, 0) is 22.2 Å². The average molecular weight is 322 g/mol. The van der Waals surface area contributed by atoms with Crippen molar-refractivity contribution in [1.29, 1.82) is 0 Å². The third-order valence-electron chi connectivity index (χ3n) is 3.68. The molecule has 110 valence electrons. The van der Waals surface area contributed by atoms with Gasteiger partial charge in [0.15, 0.2) is 0 Å². The van der Waals surface area contributed by atoms with E-state index >= 15 is 0 Å². The summed E-state index contributed by atoms with van der Waals surface area (Å²) in [5.74, 6) is -0.0355. The van der Waals surface area contributed by atoms with Crippen molar-refractivity contribution >= 4 is 27.3 Å². The number of halogens is 1. The van der Waals surface area contributed by atoms with Crippen LogP contribution >= 0.6 is 11.6 Å². The normalized spacial score (nSPS) is 17.8. The maximum Gasteiger partial charge on any atom is 0.239 e. The van der Waals surface area contributed by atoms with Crippen molar-refractivity contribution in [3.63, 3.8) is 0 Å². The summed E-state index contributed by atoms with van der Waals surface area (Å²) < 4.78 is 27.1. The molecule has 3 nitrogen and oxygen atoms in total. The molecule has 0 amide bonds. The summed E-state index contributed by atoms with van der Waals surface area (Å²) in [6.07, 6.45) is 0.755. The van der Waals surface area contributed by atoms with Crippen LogP contribution in [0.1, 0.15) is 18.1 Å². The van der Waals surface area contributed by atoms with E-state index in [1.807, 2.05) is 31.2 Å². The van der Waals surface area contributed by atoms with E-state index in [2.05, 4.69) is 0 Å². The van der Waals surface area contributed by atoms with Crippen molar-refractivity contribution in [2.75, 3.05) is 4.31 Å². The molecule has 5 heteroatoms. The first-order valence-corrected chi connectivity index (χ1v) is 8.80. The Labute approximate surface area is 130 Å². The van der Waals surface area contributed by atoms with Crippen molar-refractivity contribution < 1.29 is 8.42 Å². The maximum atomic E-state index is 12.8. The lowest BCUT2D eigenvalue weighted by atomic mass is 10.1. The van der Waals surface area contributed by atoms with E-state index in [9.17, 15) is 8.42 Å². The highest BCUT2D eigenvalue weighted by Gasteiger charge is 2.34. The molecule has 0 saturated carbocycles. The highest BCUT2D eigenvalue weighted by Crippen LogP contribution is 2.35. The van der Waals surface area contributed by atoms with Crippen molar-refractivity contribution in [1.82, 2.24) is 0 Å². The molecular formula is C16H16ClNO2S. The van der Waals surface area contributed by atoms with Gasteiger partial charge in [0, 0.05) is 11.1 Å². The van der Waals surface area contributed by atoms with Crippen LogP contribution in [0.25, 0.3) is 0 Å². The molecule has 1 aliphatic heterocycles. The summed E-state index contributed by atoms with van der Waals surface area (Å²) in [4.78, 5) is 0. The first kappa shape index (κ1) is 14.4. The second-order valence-electron chi connectivity index (χ2n) is 5.36. The summed E-state index contributed by atoms with van der Waals surface area (Å²) in [5, 5.41) is 0.553. The molecule has 2 aromatic rings. The molecule has 0 aromatic heterocycles. The van der Waals surface area contributed by atoms with Gasteiger partial charge in [-0.25, -0.2) is 8.42 Å². The fourth-order valence-corrected chi connectivity index (χ4v) is 4.92. The Morgan fingerprint density at radius 1 is 1.19 bits per heavy atom. The zero-order valence-electron chi connectivity index (χ0n) is 11.7. The molecule has 0 aliphatic carbocycles. The molecule has 0 spiro atoms. The van der Waals surface area contributed by atoms with E-state index in [1.54, 1.807) is 28.6 Å². The molecule has 1 heterocycles. The van der Waals surface area contributed by atoms with Crippen LogP contribution < -0.4 is 4.31 Å². The van der Waals surface area contributed by atoms with Gasteiger partial charge in [0.2, 0.25) is 10.0 Å². The second-order valence-corrected chi connectivity index (χ2v) is 7.65. The third kappa shape index (κ3) is 2.78. The van der Waals surface area contributed by atoms with Crippen molar-refractivity contribution in [3.8, 4) is 0 Å². The minimum atomic E-state index is -3.42. The molecule has 0 fully saturated rings. The molecule has 0 N–H and O–H groups in total. The number of nitrogens with zero attached hydrogens (tertiary/aromatic N) is 1. The van der Waals surface area contributed by atoms with E-state index in [1.165, 1.54) is 0 Å². The Hall–Kier alpha value is -1.52. The first-order chi connectivity index (χ1) is 9.97. The third-order valence-corrected chi connectivity index (χ3v) is 5.77. The molecule has 0 bridgehead atoms. The molecule has 21 heavy (non-hydrogen) atoms. The Bertz CT molecular complexity index is 773. The highest BCUT2D eigenvalue weighted by atomic mass is 35.5. The fraction of sp³-hybridized carbons (Fsp3) is 0.250. The smallest absolute Gasteiger partial charge is 0.239 e. The number of benzene rings is 2. The largest absolute Gasteiger partial charge is 0.267 e. The lowest BCUT2D eigenvalue weighted by Gasteiger charge is -2.24. The van der Waals surface area contributed by atoms with Crippen LogP contribution in [0.15, 0.2) is 48.5 Å². The van der Waals surface area contributed by atoms with Gasteiger partial charge in [-0.1, -0.05) is 41.9 Å². The summed E-state index contributed by atoms with van der Waals surface area (Å²) in [7, 11) is -3.42. The number of sulfonamides is 1. The second kappa shape index (κ2) is 5.35. The van der Waals surface area contributed by atoms with Gasteiger partial charge in [-0.15, -0.1) is 0 Å². The molecule has 1 aliphatic rings. The van der Waals surface area contributed by atoms with E-state index < -0.39 is 10.0 Å². The maximum absolute atomic E-state index is 12.8. The monoisotopic (exact) mass is 321 g/mol. The van der Waals surface area contributed by atoms with Crippen molar-refractivity contribution in [2.45, 2.75) is 25.1 Å². The minimum absolute atomic E-state index is 0.0355. The van der Waals surface area contributed by atoms with Gasteiger partial charge in [0.25, 0.3) is 0 Å². The number of anilines is 1. The summed E-state index contributed by atoms with van der Waals surface area (Å²) in [5.41, 5.74) is 2.59. The Balaban J connectivity index is 1.95. The number of rotatable bonds is 3. The SMILES string of the molecule is C[C@H]1Cc2ccccc2N1S(=O)(=O)Cc1cccc(Cl)c1. The van der Waals surface area contributed by atoms with E-state index in [0.29, 0.717) is 10.6 Å². The van der Waals surface area contributed by atoms with Gasteiger partial charge in [0.05, 0.1) is 11.4 Å². The van der Waals surface area contributed by atoms with Crippen LogP contribution in [0.4, 0.5) is 5.69 Å². The number of fused-ring (bicyclic) bond motifs is 1. The molecule has 1 atom stereocenters.